The Kier molecular flexibility index (Phi) is 7.84. The quantitative estimate of drug-likeness (QED) is 0.307. The SMILES string of the molecule is CCCC=CC=CC=CC(=O)OO. The van der Waals surface area contributed by atoms with Crippen molar-refractivity contribution in [3.8, 4) is 0 Å². The lowest BCUT2D eigenvalue weighted by molar-refractivity contribution is -0.228. The molecule has 0 saturated heterocycles. The van der Waals surface area contributed by atoms with E-state index in [9.17, 15) is 4.79 Å². The van der Waals surface area contributed by atoms with Crippen molar-refractivity contribution in [1.29, 1.82) is 0 Å². The molecule has 0 atom stereocenters. The minimum absolute atomic E-state index is 0.776. The van der Waals surface area contributed by atoms with Crippen LogP contribution in [0.5, 0.6) is 0 Å². The van der Waals surface area contributed by atoms with Gasteiger partial charge in [-0.05, 0) is 6.42 Å². The average Bonchev–Trinajstić information content (AvgIpc) is 2.16. The summed E-state index contributed by atoms with van der Waals surface area (Å²) >= 11 is 0. The van der Waals surface area contributed by atoms with Gasteiger partial charge in [-0.25, -0.2) is 4.79 Å². The van der Waals surface area contributed by atoms with Crippen molar-refractivity contribution in [2.24, 2.45) is 0 Å². The molecular weight excluding hydrogens is 168 g/mol. The van der Waals surface area contributed by atoms with Crippen molar-refractivity contribution in [3.63, 3.8) is 0 Å². The smallest absolute Gasteiger partial charge is 0.296 e. The maximum Gasteiger partial charge on any atom is 0.365 e. The van der Waals surface area contributed by atoms with Crippen LogP contribution in [0.1, 0.15) is 19.8 Å². The van der Waals surface area contributed by atoms with E-state index in [0.717, 1.165) is 18.9 Å². The highest BCUT2D eigenvalue weighted by molar-refractivity contribution is 5.81. The van der Waals surface area contributed by atoms with Gasteiger partial charge in [0.25, 0.3) is 0 Å². The molecule has 0 aromatic carbocycles. The summed E-state index contributed by atoms with van der Waals surface area (Å²) in [5.74, 6) is -0.776. The van der Waals surface area contributed by atoms with Crippen LogP contribution in [0.3, 0.4) is 0 Å². The zero-order chi connectivity index (χ0) is 9.94. The second-order valence-electron chi connectivity index (χ2n) is 2.37. The normalized spacial score (nSPS) is 11.8. The van der Waals surface area contributed by atoms with Crippen LogP contribution in [0.25, 0.3) is 0 Å². The van der Waals surface area contributed by atoms with E-state index in [4.69, 9.17) is 5.26 Å². The van der Waals surface area contributed by atoms with Crippen LogP contribution in [0.2, 0.25) is 0 Å². The van der Waals surface area contributed by atoms with E-state index in [-0.39, 0.29) is 0 Å². The zero-order valence-corrected chi connectivity index (χ0v) is 7.64. The molecule has 0 aromatic heterocycles. The Hall–Kier alpha value is -1.35. The third-order valence-electron chi connectivity index (χ3n) is 1.25. The standard InChI is InChI=1S/C10H14O3/c1-2-3-4-5-6-7-8-9-10(11)13-12/h4-9,12H,2-3H2,1H3. The molecule has 0 aromatic rings. The highest BCUT2D eigenvalue weighted by Crippen LogP contribution is 1.89. The summed E-state index contributed by atoms with van der Waals surface area (Å²) in [6, 6.07) is 0. The fraction of sp³-hybridized carbons (Fsp3) is 0.300. The molecule has 3 nitrogen and oxygen atoms in total. The first kappa shape index (κ1) is 11.6. The first-order valence-electron chi connectivity index (χ1n) is 4.16. The van der Waals surface area contributed by atoms with Gasteiger partial charge in [-0.3, -0.25) is 4.89 Å². The third-order valence-corrected chi connectivity index (χ3v) is 1.25. The van der Waals surface area contributed by atoms with Gasteiger partial charge in [0.05, 0.1) is 0 Å². The topological polar surface area (TPSA) is 46.5 Å². The van der Waals surface area contributed by atoms with E-state index in [1.165, 1.54) is 6.08 Å². The summed E-state index contributed by atoms with van der Waals surface area (Å²) in [7, 11) is 0. The maximum absolute atomic E-state index is 10.3. The Bertz CT molecular complexity index is 214. The van der Waals surface area contributed by atoms with Crippen LogP contribution < -0.4 is 0 Å². The van der Waals surface area contributed by atoms with E-state index in [0.29, 0.717) is 0 Å². The molecule has 3 heteroatoms. The molecule has 0 amide bonds. The minimum Gasteiger partial charge on any atom is -0.296 e. The summed E-state index contributed by atoms with van der Waals surface area (Å²) in [6.45, 7) is 2.10. The molecule has 13 heavy (non-hydrogen) atoms. The third kappa shape index (κ3) is 8.56. The first-order chi connectivity index (χ1) is 6.31. The molecule has 0 fully saturated rings. The largest absolute Gasteiger partial charge is 0.365 e. The molecule has 0 radical (unpaired) electrons. The van der Waals surface area contributed by atoms with Gasteiger partial charge in [0, 0.05) is 6.08 Å². The maximum atomic E-state index is 10.3. The summed E-state index contributed by atoms with van der Waals surface area (Å²) in [6.07, 6.45) is 12.2. The minimum atomic E-state index is -0.776. The van der Waals surface area contributed by atoms with Gasteiger partial charge in [0.2, 0.25) is 0 Å². The lowest BCUT2D eigenvalue weighted by atomic mass is 10.3. The number of rotatable bonds is 5. The number of hydrogen-bond donors (Lipinski definition) is 1. The van der Waals surface area contributed by atoms with E-state index in [2.05, 4.69) is 11.8 Å². The Balaban J connectivity index is 3.62. The Morgan fingerprint density at radius 1 is 1.31 bits per heavy atom. The summed E-state index contributed by atoms with van der Waals surface area (Å²) < 4.78 is 0. The number of unbranched alkanes of at least 4 members (excludes halogenated alkanes) is 1. The molecule has 0 saturated carbocycles. The second-order valence-corrected chi connectivity index (χ2v) is 2.37. The fourth-order valence-electron chi connectivity index (χ4n) is 0.634. The van der Waals surface area contributed by atoms with Gasteiger partial charge >= 0.3 is 5.97 Å². The summed E-state index contributed by atoms with van der Waals surface area (Å²) in [5.41, 5.74) is 0. The van der Waals surface area contributed by atoms with Gasteiger partial charge < -0.3 is 0 Å². The molecule has 0 unspecified atom stereocenters. The van der Waals surface area contributed by atoms with Crippen molar-refractivity contribution in [1.82, 2.24) is 0 Å². The van der Waals surface area contributed by atoms with E-state index in [1.54, 1.807) is 12.2 Å². The summed E-state index contributed by atoms with van der Waals surface area (Å²) in [5, 5.41) is 7.87. The number of carbonyl (C=O) groups is 1. The first-order valence-corrected chi connectivity index (χ1v) is 4.16. The Morgan fingerprint density at radius 3 is 2.62 bits per heavy atom. The average molecular weight is 182 g/mol. The van der Waals surface area contributed by atoms with Gasteiger partial charge in [0.1, 0.15) is 0 Å². The Morgan fingerprint density at radius 2 is 2.00 bits per heavy atom. The molecule has 72 valence electrons. The molecule has 0 heterocycles. The number of carbonyl (C=O) groups excluding carboxylic acids is 1. The highest BCUT2D eigenvalue weighted by Gasteiger charge is 1.88. The van der Waals surface area contributed by atoms with E-state index >= 15 is 0 Å². The van der Waals surface area contributed by atoms with Crippen LogP contribution in [0, 0.1) is 0 Å². The van der Waals surface area contributed by atoms with Gasteiger partial charge in [-0.2, -0.15) is 5.26 Å². The van der Waals surface area contributed by atoms with Crippen molar-refractivity contribution in [3.05, 3.63) is 36.5 Å². The van der Waals surface area contributed by atoms with Crippen LogP contribution in [-0.4, -0.2) is 11.2 Å². The highest BCUT2D eigenvalue weighted by atomic mass is 17.1. The monoisotopic (exact) mass is 182 g/mol. The van der Waals surface area contributed by atoms with Crippen LogP contribution >= 0.6 is 0 Å². The molecule has 0 rings (SSSR count). The zero-order valence-electron chi connectivity index (χ0n) is 7.64. The van der Waals surface area contributed by atoms with Crippen molar-refractivity contribution in [2.45, 2.75) is 19.8 Å². The van der Waals surface area contributed by atoms with Crippen LogP contribution in [0.15, 0.2) is 36.5 Å². The van der Waals surface area contributed by atoms with Crippen LogP contribution in [-0.2, 0) is 9.68 Å². The van der Waals surface area contributed by atoms with Gasteiger partial charge in [0.15, 0.2) is 0 Å². The lowest BCUT2D eigenvalue weighted by Gasteiger charge is -1.82. The van der Waals surface area contributed by atoms with Crippen molar-refractivity contribution >= 4 is 5.97 Å². The molecule has 0 aliphatic heterocycles. The van der Waals surface area contributed by atoms with E-state index in [1.807, 2.05) is 12.2 Å². The summed E-state index contributed by atoms with van der Waals surface area (Å²) in [4.78, 5) is 13.8. The number of allylic oxidation sites excluding steroid dienone is 5. The molecule has 0 aliphatic carbocycles. The van der Waals surface area contributed by atoms with Crippen molar-refractivity contribution in [2.75, 3.05) is 0 Å². The van der Waals surface area contributed by atoms with Crippen molar-refractivity contribution < 1.29 is 14.9 Å². The predicted octanol–water partition coefficient (Wildman–Crippen LogP) is 2.47. The fourth-order valence-corrected chi connectivity index (χ4v) is 0.634. The Labute approximate surface area is 78.0 Å². The second kappa shape index (κ2) is 8.74. The van der Waals surface area contributed by atoms with Gasteiger partial charge in [-0.1, -0.05) is 43.7 Å². The molecule has 0 aliphatic rings. The number of hydrogen-bond acceptors (Lipinski definition) is 3. The molecule has 1 N–H and O–H groups in total. The molecule has 0 spiro atoms. The molecule has 0 bridgehead atoms. The lowest BCUT2D eigenvalue weighted by Crippen LogP contribution is -1.93. The van der Waals surface area contributed by atoms with Crippen LogP contribution in [0.4, 0.5) is 0 Å². The molecular formula is C10H14O3. The predicted molar refractivity (Wildman–Crippen MR) is 51.0 cm³/mol. The van der Waals surface area contributed by atoms with Gasteiger partial charge in [-0.15, -0.1) is 0 Å². The van der Waals surface area contributed by atoms with E-state index < -0.39 is 5.97 Å².